The van der Waals surface area contributed by atoms with Crippen molar-refractivity contribution in [2.75, 3.05) is 0 Å². The Morgan fingerprint density at radius 3 is 2.38 bits per heavy atom. The lowest BCUT2D eigenvalue weighted by molar-refractivity contribution is 0.466. The Morgan fingerprint density at radius 2 is 1.76 bits per heavy atom. The Bertz CT molecular complexity index is 601. The fraction of sp³-hybridized carbons (Fsp3) is 0.333. The molecule has 0 saturated carbocycles. The maximum Gasteiger partial charge on any atom is 0.121 e. The zero-order chi connectivity index (χ0) is 15.4. The summed E-state index contributed by atoms with van der Waals surface area (Å²) in [6, 6.07) is 12.4. The molecule has 2 aromatic rings. The summed E-state index contributed by atoms with van der Waals surface area (Å²) >= 11 is 6.01. The van der Waals surface area contributed by atoms with Crippen molar-refractivity contribution < 1.29 is 5.11 Å². The number of halogens is 1. The third-order valence-electron chi connectivity index (χ3n) is 3.64. The highest BCUT2D eigenvalue weighted by atomic mass is 35.5. The Balaban J connectivity index is 1.93. The number of aromatic hydroxyl groups is 1. The molecule has 0 aromatic heterocycles. The van der Waals surface area contributed by atoms with Crippen molar-refractivity contribution in [1.29, 1.82) is 0 Å². The number of aryl methyl sites for hydroxylation is 2. The number of phenols is 1. The van der Waals surface area contributed by atoms with Gasteiger partial charge >= 0.3 is 0 Å². The van der Waals surface area contributed by atoms with E-state index < -0.39 is 0 Å². The van der Waals surface area contributed by atoms with E-state index in [1.54, 1.807) is 0 Å². The Hall–Kier alpha value is -1.51. The second-order valence-corrected chi connectivity index (χ2v) is 6.13. The molecule has 1 unspecified atom stereocenters. The first kappa shape index (κ1) is 15.9. The van der Waals surface area contributed by atoms with Gasteiger partial charge in [-0.2, -0.15) is 0 Å². The van der Waals surface area contributed by atoms with E-state index in [0.29, 0.717) is 11.8 Å². The zero-order valence-corrected chi connectivity index (χ0v) is 13.5. The Kier molecular flexibility index (Phi) is 5.27. The molecule has 3 heteroatoms. The van der Waals surface area contributed by atoms with Crippen LogP contribution in [0.25, 0.3) is 0 Å². The molecule has 0 saturated heterocycles. The van der Waals surface area contributed by atoms with Crippen LogP contribution in [-0.4, -0.2) is 11.1 Å². The van der Waals surface area contributed by atoms with Gasteiger partial charge in [0, 0.05) is 17.6 Å². The lowest BCUT2D eigenvalue weighted by Gasteiger charge is -2.15. The summed E-state index contributed by atoms with van der Waals surface area (Å²) < 4.78 is 0. The minimum atomic E-state index is 0.359. The second kappa shape index (κ2) is 6.97. The third-order valence-corrected chi connectivity index (χ3v) is 3.87. The highest BCUT2D eigenvalue weighted by molar-refractivity contribution is 6.30. The van der Waals surface area contributed by atoms with Gasteiger partial charge in [-0.3, -0.25) is 0 Å². The topological polar surface area (TPSA) is 32.3 Å². The smallest absolute Gasteiger partial charge is 0.121 e. The van der Waals surface area contributed by atoms with Crippen molar-refractivity contribution in [3.8, 4) is 5.75 Å². The predicted molar refractivity (Wildman–Crippen MR) is 89.0 cm³/mol. The van der Waals surface area contributed by atoms with Gasteiger partial charge in [-0.05, 0) is 61.6 Å². The van der Waals surface area contributed by atoms with Gasteiger partial charge in [-0.15, -0.1) is 0 Å². The summed E-state index contributed by atoms with van der Waals surface area (Å²) in [5.41, 5.74) is 4.28. The molecule has 0 fully saturated rings. The van der Waals surface area contributed by atoms with Crippen molar-refractivity contribution in [3.63, 3.8) is 0 Å². The van der Waals surface area contributed by atoms with E-state index >= 15 is 0 Å². The maximum absolute atomic E-state index is 9.80. The van der Waals surface area contributed by atoms with Crippen LogP contribution in [-0.2, 0) is 13.0 Å². The maximum atomic E-state index is 9.80. The first-order valence-corrected chi connectivity index (χ1v) is 7.60. The monoisotopic (exact) mass is 303 g/mol. The fourth-order valence-electron chi connectivity index (χ4n) is 2.53. The predicted octanol–water partition coefficient (Wildman–Crippen LogP) is 4.38. The van der Waals surface area contributed by atoms with Crippen LogP contribution < -0.4 is 5.32 Å². The van der Waals surface area contributed by atoms with E-state index in [2.05, 4.69) is 18.3 Å². The minimum absolute atomic E-state index is 0.359. The minimum Gasteiger partial charge on any atom is -0.507 e. The quantitative estimate of drug-likeness (QED) is 0.859. The first-order valence-electron chi connectivity index (χ1n) is 7.22. The van der Waals surface area contributed by atoms with Gasteiger partial charge in [0.2, 0.25) is 0 Å². The van der Waals surface area contributed by atoms with Gasteiger partial charge < -0.3 is 10.4 Å². The number of hydrogen-bond donors (Lipinski definition) is 2. The lowest BCUT2D eigenvalue weighted by atomic mass is 10.0. The molecule has 0 aliphatic rings. The summed E-state index contributed by atoms with van der Waals surface area (Å²) in [5, 5.41) is 14.1. The van der Waals surface area contributed by atoms with Crippen molar-refractivity contribution in [2.45, 2.75) is 39.8 Å². The van der Waals surface area contributed by atoms with Crippen LogP contribution in [0.4, 0.5) is 0 Å². The van der Waals surface area contributed by atoms with Gasteiger partial charge in [-0.25, -0.2) is 0 Å². The van der Waals surface area contributed by atoms with Gasteiger partial charge in [0.15, 0.2) is 0 Å². The molecule has 0 aliphatic heterocycles. The third kappa shape index (κ3) is 4.48. The number of benzene rings is 2. The standard InChI is InChI=1S/C18H22ClNO/c1-12-7-16(8-13(2)18(12)21)11-20-14(3)9-15-5-4-6-17(19)10-15/h4-8,10,14,20-21H,9,11H2,1-3H3. The molecule has 0 heterocycles. The number of hydrogen-bond acceptors (Lipinski definition) is 2. The summed E-state index contributed by atoms with van der Waals surface area (Å²) in [6.07, 6.45) is 0.941. The largest absolute Gasteiger partial charge is 0.507 e. The lowest BCUT2D eigenvalue weighted by Crippen LogP contribution is -2.27. The van der Waals surface area contributed by atoms with Crippen molar-refractivity contribution in [1.82, 2.24) is 5.32 Å². The molecular formula is C18H22ClNO. The van der Waals surface area contributed by atoms with E-state index in [-0.39, 0.29) is 0 Å². The SMILES string of the molecule is Cc1cc(CNC(C)Cc2cccc(Cl)c2)cc(C)c1O. The van der Waals surface area contributed by atoms with Crippen LogP contribution in [0.2, 0.25) is 5.02 Å². The summed E-state index contributed by atoms with van der Waals surface area (Å²) in [6.45, 7) is 6.83. The molecule has 0 spiro atoms. The highest BCUT2D eigenvalue weighted by Crippen LogP contribution is 2.22. The van der Waals surface area contributed by atoms with Gasteiger partial charge in [0.05, 0.1) is 0 Å². The molecule has 0 radical (unpaired) electrons. The normalized spacial score (nSPS) is 12.4. The molecule has 1 atom stereocenters. The summed E-state index contributed by atoms with van der Waals surface area (Å²) in [7, 11) is 0. The molecule has 0 amide bonds. The van der Waals surface area contributed by atoms with Gasteiger partial charge in [0.25, 0.3) is 0 Å². The molecule has 112 valence electrons. The van der Waals surface area contributed by atoms with Crippen LogP contribution in [0, 0.1) is 13.8 Å². The van der Waals surface area contributed by atoms with Gasteiger partial charge in [0.1, 0.15) is 5.75 Å². The molecular weight excluding hydrogens is 282 g/mol. The fourth-order valence-corrected chi connectivity index (χ4v) is 2.74. The van der Waals surface area contributed by atoms with Crippen molar-refractivity contribution >= 4 is 11.6 Å². The average Bonchev–Trinajstić information content (AvgIpc) is 2.42. The number of phenolic OH excluding ortho intramolecular Hbond substituents is 1. The van der Waals surface area contributed by atoms with E-state index in [1.807, 2.05) is 44.2 Å². The highest BCUT2D eigenvalue weighted by Gasteiger charge is 2.06. The molecule has 2 aromatic carbocycles. The van der Waals surface area contributed by atoms with Crippen LogP contribution in [0.3, 0.4) is 0 Å². The second-order valence-electron chi connectivity index (χ2n) is 5.69. The molecule has 2 nitrogen and oxygen atoms in total. The summed E-state index contributed by atoms with van der Waals surface area (Å²) in [5.74, 6) is 0.394. The average molecular weight is 304 g/mol. The van der Waals surface area contributed by atoms with Gasteiger partial charge in [-0.1, -0.05) is 35.9 Å². The molecule has 0 bridgehead atoms. The van der Waals surface area contributed by atoms with Crippen LogP contribution in [0.5, 0.6) is 5.75 Å². The Morgan fingerprint density at radius 1 is 1.10 bits per heavy atom. The first-order chi connectivity index (χ1) is 9.95. The van der Waals surface area contributed by atoms with E-state index in [0.717, 1.165) is 29.1 Å². The number of nitrogens with one attached hydrogen (secondary N) is 1. The van der Waals surface area contributed by atoms with E-state index in [1.165, 1.54) is 11.1 Å². The number of rotatable bonds is 5. The van der Waals surface area contributed by atoms with Crippen LogP contribution in [0.1, 0.15) is 29.2 Å². The molecule has 2 rings (SSSR count). The van der Waals surface area contributed by atoms with Crippen LogP contribution >= 0.6 is 11.6 Å². The van der Waals surface area contributed by atoms with Crippen molar-refractivity contribution in [2.24, 2.45) is 0 Å². The van der Waals surface area contributed by atoms with E-state index in [9.17, 15) is 5.11 Å². The molecule has 0 aliphatic carbocycles. The van der Waals surface area contributed by atoms with E-state index in [4.69, 9.17) is 11.6 Å². The molecule has 21 heavy (non-hydrogen) atoms. The Labute approximate surface area is 131 Å². The van der Waals surface area contributed by atoms with Crippen molar-refractivity contribution in [3.05, 3.63) is 63.7 Å². The van der Waals surface area contributed by atoms with Crippen LogP contribution in [0.15, 0.2) is 36.4 Å². The molecule has 2 N–H and O–H groups in total. The zero-order valence-electron chi connectivity index (χ0n) is 12.8. The summed E-state index contributed by atoms with van der Waals surface area (Å²) in [4.78, 5) is 0.